The molecule has 0 aromatic carbocycles. The summed E-state index contributed by atoms with van der Waals surface area (Å²) in [5.41, 5.74) is 2.10. The van der Waals surface area contributed by atoms with Gasteiger partial charge in [-0.15, -0.1) is 0 Å². The van der Waals surface area contributed by atoms with Crippen molar-refractivity contribution in [2.45, 2.75) is 45.6 Å². The number of fused-ring (bicyclic) bond motifs is 1. The predicted molar refractivity (Wildman–Crippen MR) is 56.2 cm³/mol. The van der Waals surface area contributed by atoms with Gasteiger partial charge in [0.1, 0.15) is 5.56 Å². The fraction of sp³-hybridized carbons (Fsp3) is 0.636. The molecule has 0 atom stereocenters. The molecule has 0 saturated carbocycles. The van der Waals surface area contributed by atoms with Gasteiger partial charge in [-0.1, -0.05) is 13.8 Å². The first kappa shape index (κ1) is 10.2. The summed E-state index contributed by atoms with van der Waals surface area (Å²) >= 11 is 0. The van der Waals surface area contributed by atoms with Crippen LogP contribution in [-0.4, -0.2) is 20.9 Å². The van der Waals surface area contributed by atoms with E-state index >= 15 is 0 Å². The third-order valence-electron chi connectivity index (χ3n) is 2.88. The third-order valence-corrected chi connectivity index (χ3v) is 2.88. The maximum Gasteiger partial charge on any atom is 0.339 e. The van der Waals surface area contributed by atoms with Crippen molar-refractivity contribution in [1.29, 1.82) is 0 Å². The van der Waals surface area contributed by atoms with Crippen LogP contribution in [0.3, 0.4) is 0 Å². The molecule has 0 unspecified atom stereocenters. The molecule has 2 rings (SSSR count). The lowest BCUT2D eigenvalue weighted by molar-refractivity contribution is 0.0693. The van der Waals surface area contributed by atoms with Crippen LogP contribution in [0.2, 0.25) is 0 Å². The van der Waals surface area contributed by atoms with Crippen LogP contribution in [0.25, 0.3) is 0 Å². The summed E-state index contributed by atoms with van der Waals surface area (Å²) in [6.45, 7) is 4.84. The van der Waals surface area contributed by atoms with Crippen LogP contribution in [0.15, 0.2) is 0 Å². The Morgan fingerprint density at radius 3 is 2.80 bits per heavy atom. The van der Waals surface area contributed by atoms with Crippen molar-refractivity contribution in [3.63, 3.8) is 0 Å². The Balaban J connectivity index is 2.56. The molecule has 0 saturated heterocycles. The summed E-state index contributed by atoms with van der Waals surface area (Å²) in [5, 5.41) is 13.6. The van der Waals surface area contributed by atoms with E-state index in [1.807, 2.05) is 18.5 Å². The molecule has 82 valence electrons. The molecular formula is C11H16N2O2. The van der Waals surface area contributed by atoms with E-state index in [0.29, 0.717) is 5.56 Å². The lowest BCUT2D eigenvalue weighted by atomic mass is 10.0. The molecule has 1 aromatic rings. The van der Waals surface area contributed by atoms with Gasteiger partial charge in [-0.25, -0.2) is 4.79 Å². The Labute approximate surface area is 88.9 Å². The molecule has 0 fully saturated rings. The fourth-order valence-corrected chi connectivity index (χ4v) is 2.15. The van der Waals surface area contributed by atoms with E-state index in [1.165, 1.54) is 0 Å². The quantitative estimate of drug-likeness (QED) is 0.809. The van der Waals surface area contributed by atoms with Crippen LogP contribution in [0, 0.1) is 0 Å². The number of hydrogen-bond donors (Lipinski definition) is 1. The van der Waals surface area contributed by atoms with Gasteiger partial charge in [0.15, 0.2) is 0 Å². The number of carboxylic acid groups (broad SMARTS) is 1. The van der Waals surface area contributed by atoms with Crippen LogP contribution >= 0.6 is 0 Å². The van der Waals surface area contributed by atoms with Crippen LogP contribution in [-0.2, 0) is 13.0 Å². The van der Waals surface area contributed by atoms with Gasteiger partial charge in [0, 0.05) is 6.54 Å². The molecular weight excluding hydrogens is 192 g/mol. The van der Waals surface area contributed by atoms with Crippen LogP contribution in [0.1, 0.15) is 54.4 Å². The number of aromatic nitrogens is 2. The number of aromatic carboxylic acids is 1. The highest BCUT2D eigenvalue weighted by Crippen LogP contribution is 2.26. The summed E-state index contributed by atoms with van der Waals surface area (Å²) in [6, 6.07) is 0. The van der Waals surface area contributed by atoms with Crippen LogP contribution in [0.5, 0.6) is 0 Å². The fourth-order valence-electron chi connectivity index (χ4n) is 2.15. The molecule has 4 heteroatoms. The second-order valence-corrected chi connectivity index (χ2v) is 4.35. The average Bonchev–Trinajstić information content (AvgIpc) is 2.56. The monoisotopic (exact) mass is 208 g/mol. The van der Waals surface area contributed by atoms with E-state index < -0.39 is 5.97 Å². The summed E-state index contributed by atoms with van der Waals surface area (Å²) in [5.74, 6) is -0.656. The molecule has 1 N–H and O–H groups in total. The minimum Gasteiger partial charge on any atom is -0.478 e. The average molecular weight is 208 g/mol. The Bertz CT molecular complexity index is 394. The zero-order valence-electron chi connectivity index (χ0n) is 9.16. The SMILES string of the molecule is CC(C)c1nn2c(c1C(=O)O)CCCC2. The molecule has 4 nitrogen and oxygen atoms in total. The number of hydrogen-bond acceptors (Lipinski definition) is 2. The first-order chi connectivity index (χ1) is 7.11. The first-order valence-corrected chi connectivity index (χ1v) is 5.44. The van der Waals surface area contributed by atoms with Gasteiger partial charge >= 0.3 is 5.97 Å². The largest absolute Gasteiger partial charge is 0.478 e. The normalized spacial score (nSPS) is 15.4. The Morgan fingerprint density at radius 1 is 1.47 bits per heavy atom. The van der Waals surface area contributed by atoms with Crippen molar-refractivity contribution in [3.05, 3.63) is 17.0 Å². The number of carbonyl (C=O) groups is 1. The lowest BCUT2D eigenvalue weighted by Crippen LogP contribution is -2.13. The molecule has 0 spiro atoms. The third kappa shape index (κ3) is 1.64. The van der Waals surface area contributed by atoms with E-state index in [9.17, 15) is 9.90 Å². The summed E-state index contributed by atoms with van der Waals surface area (Å²) in [4.78, 5) is 11.2. The van der Waals surface area contributed by atoms with Crippen molar-refractivity contribution < 1.29 is 9.90 Å². The molecule has 2 heterocycles. The topological polar surface area (TPSA) is 55.1 Å². The van der Waals surface area contributed by atoms with Crippen LogP contribution in [0.4, 0.5) is 0 Å². The van der Waals surface area contributed by atoms with Crippen LogP contribution < -0.4 is 0 Å². The van der Waals surface area contributed by atoms with Crippen molar-refractivity contribution in [2.75, 3.05) is 0 Å². The van der Waals surface area contributed by atoms with Gasteiger partial charge in [-0.2, -0.15) is 5.10 Å². The van der Waals surface area contributed by atoms with E-state index in [1.54, 1.807) is 0 Å². The molecule has 0 aliphatic carbocycles. The van der Waals surface area contributed by atoms with E-state index in [4.69, 9.17) is 0 Å². The first-order valence-electron chi connectivity index (χ1n) is 5.44. The second-order valence-electron chi connectivity index (χ2n) is 4.35. The number of rotatable bonds is 2. The van der Waals surface area contributed by atoms with Gasteiger partial charge in [0.05, 0.1) is 11.4 Å². The maximum atomic E-state index is 11.2. The minimum absolute atomic E-state index is 0.175. The maximum absolute atomic E-state index is 11.2. The van der Waals surface area contributed by atoms with Gasteiger partial charge < -0.3 is 5.11 Å². The van der Waals surface area contributed by atoms with E-state index in [-0.39, 0.29) is 5.92 Å². The zero-order chi connectivity index (χ0) is 11.0. The molecule has 0 bridgehead atoms. The second kappa shape index (κ2) is 3.68. The van der Waals surface area contributed by atoms with Crippen molar-refractivity contribution in [2.24, 2.45) is 0 Å². The zero-order valence-corrected chi connectivity index (χ0v) is 9.16. The molecule has 0 amide bonds. The molecule has 15 heavy (non-hydrogen) atoms. The Morgan fingerprint density at radius 2 is 2.20 bits per heavy atom. The van der Waals surface area contributed by atoms with E-state index in [2.05, 4.69) is 5.10 Å². The summed E-state index contributed by atoms with van der Waals surface area (Å²) in [6.07, 6.45) is 3.02. The van der Waals surface area contributed by atoms with Crippen molar-refractivity contribution in [1.82, 2.24) is 9.78 Å². The van der Waals surface area contributed by atoms with Crippen molar-refractivity contribution in [3.8, 4) is 0 Å². The van der Waals surface area contributed by atoms with Gasteiger partial charge in [0.25, 0.3) is 0 Å². The number of nitrogens with zero attached hydrogens (tertiary/aromatic N) is 2. The van der Waals surface area contributed by atoms with E-state index in [0.717, 1.165) is 37.2 Å². The van der Waals surface area contributed by atoms with Gasteiger partial charge in [-0.05, 0) is 25.2 Å². The minimum atomic E-state index is -0.832. The highest BCUT2D eigenvalue weighted by Gasteiger charge is 2.25. The Hall–Kier alpha value is -1.32. The number of aryl methyl sites for hydroxylation is 1. The number of carboxylic acids is 1. The standard InChI is InChI=1S/C11H16N2O2/c1-7(2)10-9(11(14)15)8-5-3-4-6-13(8)12-10/h7H,3-6H2,1-2H3,(H,14,15). The molecule has 1 aliphatic heterocycles. The Kier molecular flexibility index (Phi) is 2.50. The smallest absolute Gasteiger partial charge is 0.339 e. The molecule has 1 aliphatic rings. The molecule has 1 aromatic heterocycles. The van der Waals surface area contributed by atoms with Crippen molar-refractivity contribution >= 4 is 5.97 Å². The highest BCUT2D eigenvalue weighted by molar-refractivity contribution is 5.90. The summed E-state index contributed by atoms with van der Waals surface area (Å²) in [7, 11) is 0. The summed E-state index contributed by atoms with van der Waals surface area (Å²) < 4.78 is 1.88. The predicted octanol–water partition coefficient (Wildman–Crippen LogP) is 2.04. The van der Waals surface area contributed by atoms with Gasteiger partial charge in [-0.3, -0.25) is 4.68 Å². The molecule has 0 radical (unpaired) electrons. The lowest BCUT2D eigenvalue weighted by Gasteiger charge is -2.13. The highest BCUT2D eigenvalue weighted by atomic mass is 16.4. The van der Waals surface area contributed by atoms with Gasteiger partial charge in [0.2, 0.25) is 0 Å².